The molecule has 10 heteroatoms. The topological polar surface area (TPSA) is 99.3 Å². The Morgan fingerprint density at radius 3 is 2.55 bits per heavy atom. The van der Waals surface area contributed by atoms with Crippen molar-refractivity contribution in [3.63, 3.8) is 0 Å². The van der Waals surface area contributed by atoms with Crippen molar-refractivity contribution in [3.05, 3.63) is 113 Å². The van der Waals surface area contributed by atoms with E-state index in [1.165, 1.54) is 25.3 Å². The Labute approximate surface area is 252 Å². The van der Waals surface area contributed by atoms with Crippen molar-refractivity contribution in [2.24, 2.45) is 0 Å². The quantitative estimate of drug-likeness (QED) is 0.183. The maximum atomic E-state index is 15.6. The molecule has 3 aromatic carbocycles. The van der Waals surface area contributed by atoms with E-state index in [1.54, 1.807) is 48.5 Å². The summed E-state index contributed by atoms with van der Waals surface area (Å²) in [5.41, 5.74) is 3.47. The van der Waals surface area contributed by atoms with Crippen LogP contribution in [-0.2, 0) is 29.0 Å². The van der Waals surface area contributed by atoms with Crippen LogP contribution in [0, 0.1) is 23.0 Å². The molecule has 1 aliphatic heterocycles. The molecule has 0 spiro atoms. The maximum absolute atomic E-state index is 15.6. The van der Waals surface area contributed by atoms with Crippen molar-refractivity contribution in [1.82, 2.24) is 14.5 Å². The van der Waals surface area contributed by atoms with E-state index < -0.39 is 17.6 Å². The van der Waals surface area contributed by atoms with Crippen LogP contribution in [0.15, 0.2) is 72.8 Å². The summed E-state index contributed by atoms with van der Waals surface area (Å²) in [7, 11) is 1.34. The lowest BCUT2D eigenvalue weighted by Gasteiger charge is -2.39. The summed E-state index contributed by atoms with van der Waals surface area (Å²) in [6.45, 7) is 3.13. The van der Waals surface area contributed by atoms with Gasteiger partial charge in [0, 0.05) is 30.0 Å². The highest BCUT2D eigenvalue weighted by atomic mass is 19.1. The number of halogens is 2. The Kier molecular flexibility index (Phi) is 7.80. The minimum Gasteiger partial charge on any atom is -0.473 e. The second-order valence-corrected chi connectivity index (χ2v) is 10.9. The molecule has 0 radical (unpaired) electrons. The number of ether oxygens (including phenoxy) is 3. The van der Waals surface area contributed by atoms with Gasteiger partial charge in [0.25, 0.3) is 0 Å². The lowest BCUT2D eigenvalue weighted by molar-refractivity contribution is -0.142. The zero-order valence-electron chi connectivity index (χ0n) is 24.1. The molecule has 1 saturated heterocycles. The number of rotatable bonds is 9. The maximum Gasteiger partial charge on any atom is 0.337 e. The molecule has 8 nitrogen and oxygen atoms in total. The van der Waals surface area contributed by atoms with E-state index in [4.69, 9.17) is 24.5 Å². The number of methoxy groups -OCH3 is 1. The number of imidazole rings is 1. The molecule has 3 heterocycles. The Morgan fingerprint density at radius 1 is 1.05 bits per heavy atom. The van der Waals surface area contributed by atoms with Gasteiger partial charge in [0.2, 0.25) is 5.88 Å². The molecule has 5 aromatic rings. The lowest BCUT2D eigenvalue weighted by Crippen LogP contribution is -2.44. The molecule has 0 N–H and O–H groups in total. The van der Waals surface area contributed by atoms with E-state index in [0.29, 0.717) is 46.9 Å². The predicted octanol–water partition coefficient (Wildman–Crippen LogP) is 6.38. The number of hydrogen-bond donors (Lipinski definition) is 0. The lowest BCUT2D eigenvalue weighted by atomic mass is 9.97. The summed E-state index contributed by atoms with van der Waals surface area (Å²) in [5.74, 6) is -0.505. The predicted molar refractivity (Wildman–Crippen MR) is 158 cm³/mol. The number of nitrogens with zero attached hydrogens (tertiary/aromatic N) is 4. The molecule has 44 heavy (non-hydrogen) atoms. The first-order valence-corrected chi connectivity index (χ1v) is 14.0. The fourth-order valence-electron chi connectivity index (χ4n) is 5.20. The number of nitriles is 1. The van der Waals surface area contributed by atoms with Gasteiger partial charge in [0.1, 0.15) is 24.1 Å². The van der Waals surface area contributed by atoms with Gasteiger partial charge in [-0.05, 0) is 55.0 Å². The summed E-state index contributed by atoms with van der Waals surface area (Å²) < 4.78 is 48.2. The minimum absolute atomic E-state index is 0.0759. The monoisotopic (exact) mass is 594 g/mol. The zero-order chi connectivity index (χ0) is 30.8. The number of hydrogen-bond acceptors (Lipinski definition) is 7. The SMILES string of the molecule is COC(=O)c1ccc2nc(Cc3ccc(-c4cccc(OCc5ccc(C#N)cc5F)n4)cc3F)n(CC3(C)CCO3)c2c1. The Hall–Kier alpha value is -5.14. The average Bonchev–Trinajstić information content (AvgIpc) is 3.35. The van der Waals surface area contributed by atoms with E-state index >= 15 is 4.39 Å². The summed E-state index contributed by atoms with van der Waals surface area (Å²) in [4.78, 5) is 21.5. The first-order valence-electron chi connectivity index (χ1n) is 14.0. The molecular weight excluding hydrogens is 566 g/mol. The van der Waals surface area contributed by atoms with E-state index in [0.717, 1.165) is 18.0 Å². The molecule has 222 valence electrons. The summed E-state index contributed by atoms with van der Waals surface area (Å²) in [5, 5.41) is 8.93. The van der Waals surface area contributed by atoms with Gasteiger partial charge in [-0.15, -0.1) is 0 Å². The highest BCUT2D eigenvalue weighted by Gasteiger charge is 2.35. The van der Waals surface area contributed by atoms with Crippen LogP contribution in [0.25, 0.3) is 22.3 Å². The number of carbonyl (C=O) groups is 1. The van der Waals surface area contributed by atoms with Gasteiger partial charge in [-0.3, -0.25) is 0 Å². The molecule has 1 unspecified atom stereocenters. The highest BCUT2D eigenvalue weighted by Crippen LogP contribution is 2.32. The van der Waals surface area contributed by atoms with Crippen LogP contribution in [0.1, 0.15) is 46.2 Å². The van der Waals surface area contributed by atoms with Gasteiger partial charge in [-0.1, -0.05) is 24.3 Å². The first kappa shape index (κ1) is 29.0. The standard InChI is InChI=1S/C34H28F2N4O4/c1-34(12-13-44-34)20-40-30-16-24(33(41)42-2)10-11-29(30)38-31(40)17-22-8-9-23(15-27(22)36)28-4-3-5-32(39-28)43-19-25-7-6-21(18-37)14-26(25)35/h3-11,14-16H,12-13,17,19-20H2,1-2H3. The molecule has 1 atom stereocenters. The molecule has 6 rings (SSSR count). The van der Waals surface area contributed by atoms with Crippen LogP contribution in [-0.4, -0.2) is 39.8 Å². The van der Waals surface area contributed by atoms with Crippen LogP contribution < -0.4 is 4.74 Å². The molecule has 0 saturated carbocycles. The number of carbonyl (C=O) groups excluding carboxylic acids is 1. The van der Waals surface area contributed by atoms with Crippen molar-refractivity contribution in [3.8, 4) is 23.2 Å². The van der Waals surface area contributed by atoms with Crippen LogP contribution in [0.5, 0.6) is 5.88 Å². The van der Waals surface area contributed by atoms with E-state index in [2.05, 4.69) is 4.98 Å². The molecule has 2 aromatic heterocycles. The van der Waals surface area contributed by atoms with Crippen molar-refractivity contribution < 1.29 is 27.8 Å². The van der Waals surface area contributed by atoms with Crippen LogP contribution in [0.4, 0.5) is 8.78 Å². The third-order valence-electron chi connectivity index (χ3n) is 7.80. The summed E-state index contributed by atoms with van der Waals surface area (Å²) in [6, 6.07) is 21.3. The Balaban J connectivity index is 1.24. The average molecular weight is 595 g/mol. The van der Waals surface area contributed by atoms with Crippen molar-refractivity contribution >= 4 is 17.0 Å². The highest BCUT2D eigenvalue weighted by molar-refractivity contribution is 5.93. The number of aromatic nitrogens is 3. The molecular formula is C34H28F2N4O4. The van der Waals surface area contributed by atoms with Crippen molar-refractivity contribution in [2.75, 3.05) is 13.7 Å². The number of fused-ring (bicyclic) bond motifs is 1. The fourth-order valence-corrected chi connectivity index (χ4v) is 5.20. The normalized spacial score (nSPS) is 15.9. The molecule has 1 fully saturated rings. The van der Waals surface area contributed by atoms with Crippen molar-refractivity contribution in [1.29, 1.82) is 5.26 Å². The van der Waals surface area contributed by atoms with Gasteiger partial charge in [0.15, 0.2) is 0 Å². The van der Waals surface area contributed by atoms with E-state index in [1.807, 2.05) is 17.6 Å². The Morgan fingerprint density at radius 2 is 1.84 bits per heavy atom. The molecule has 0 amide bonds. The van der Waals surface area contributed by atoms with Gasteiger partial charge in [-0.25, -0.2) is 23.5 Å². The number of pyridine rings is 1. The third kappa shape index (κ3) is 5.87. The second kappa shape index (κ2) is 11.9. The van der Waals surface area contributed by atoms with Gasteiger partial charge in [-0.2, -0.15) is 5.26 Å². The first-order chi connectivity index (χ1) is 21.2. The van der Waals surface area contributed by atoms with Crippen molar-refractivity contribution in [2.45, 2.75) is 38.5 Å². The van der Waals surface area contributed by atoms with Crippen LogP contribution in [0.3, 0.4) is 0 Å². The summed E-state index contributed by atoms with van der Waals surface area (Å²) in [6.07, 6.45) is 1.10. The Bertz CT molecular complexity index is 1930. The molecule has 0 aliphatic carbocycles. The van der Waals surface area contributed by atoms with Gasteiger partial charge in [0.05, 0.1) is 59.8 Å². The number of esters is 1. The number of benzene rings is 3. The second-order valence-electron chi connectivity index (χ2n) is 10.9. The molecule has 0 bridgehead atoms. The smallest absolute Gasteiger partial charge is 0.337 e. The van der Waals surface area contributed by atoms with Gasteiger partial charge < -0.3 is 18.8 Å². The van der Waals surface area contributed by atoms with E-state index in [-0.39, 0.29) is 35.6 Å². The fraction of sp³-hybridized carbons (Fsp3) is 0.235. The minimum atomic E-state index is -0.537. The third-order valence-corrected chi connectivity index (χ3v) is 7.80. The largest absolute Gasteiger partial charge is 0.473 e. The van der Waals surface area contributed by atoms with Crippen LogP contribution in [0.2, 0.25) is 0 Å². The van der Waals surface area contributed by atoms with Crippen LogP contribution >= 0.6 is 0 Å². The zero-order valence-corrected chi connectivity index (χ0v) is 24.1. The van der Waals surface area contributed by atoms with Gasteiger partial charge >= 0.3 is 5.97 Å². The van der Waals surface area contributed by atoms with E-state index in [9.17, 15) is 9.18 Å². The molecule has 1 aliphatic rings. The summed E-state index contributed by atoms with van der Waals surface area (Å²) >= 11 is 0.